The van der Waals surface area contributed by atoms with Crippen LogP contribution in [0, 0.1) is 13.8 Å². The van der Waals surface area contributed by atoms with Crippen molar-refractivity contribution in [3.63, 3.8) is 0 Å². The first-order valence-corrected chi connectivity index (χ1v) is 8.96. The van der Waals surface area contributed by atoms with Gasteiger partial charge in [-0.3, -0.25) is 0 Å². The standard InChI is InChI=1S/C24H22N2/c1-17-12-13-22-20(14-17)15-23(21-11-7-6-8-18(21)2)26-24(22)25-16-19-9-4-3-5-10-19/h3-15H,16H2,1-2H3,(H,25,26). The van der Waals surface area contributed by atoms with Gasteiger partial charge < -0.3 is 5.32 Å². The molecule has 0 atom stereocenters. The molecule has 1 N–H and O–H groups in total. The van der Waals surface area contributed by atoms with E-state index < -0.39 is 0 Å². The predicted octanol–water partition coefficient (Wildman–Crippen LogP) is 6.13. The number of rotatable bonds is 4. The average molecular weight is 338 g/mol. The summed E-state index contributed by atoms with van der Waals surface area (Å²) < 4.78 is 0. The third kappa shape index (κ3) is 3.31. The molecule has 2 nitrogen and oxygen atoms in total. The minimum Gasteiger partial charge on any atom is -0.365 e. The number of nitrogens with one attached hydrogen (secondary N) is 1. The van der Waals surface area contributed by atoms with Gasteiger partial charge in [0.25, 0.3) is 0 Å². The number of hydrogen-bond donors (Lipinski definition) is 1. The Morgan fingerprint density at radius 1 is 0.808 bits per heavy atom. The molecule has 0 aliphatic heterocycles. The van der Waals surface area contributed by atoms with Crippen molar-refractivity contribution in [2.24, 2.45) is 0 Å². The van der Waals surface area contributed by atoms with E-state index in [0.717, 1.165) is 23.4 Å². The highest BCUT2D eigenvalue weighted by Gasteiger charge is 2.09. The number of hydrogen-bond acceptors (Lipinski definition) is 2. The second-order valence-corrected chi connectivity index (χ2v) is 6.73. The van der Waals surface area contributed by atoms with E-state index in [-0.39, 0.29) is 0 Å². The number of aryl methyl sites for hydroxylation is 2. The summed E-state index contributed by atoms with van der Waals surface area (Å²) in [5, 5.41) is 5.91. The van der Waals surface area contributed by atoms with Crippen LogP contribution in [-0.4, -0.2) is 4.98 Å². The summed E-state index contributed by atoms with van der Waals surface area (Å²) in [5.41, 5.74) is 5.93. The Labute approximate surface area is 154 Å². The fourth-order valence-corrected chi connectivity index (χ4v) is 3.29. The quantitative estimate of drug-likeness (QED) is 0.484. The molecule has 0 aliphatic rings. The lowest BCUT2D eigenvalue weighted by Crippen LogP contribution is -2.03. The summed E-state index contributed by atoms with van der Waals surface area (Å²) in [5.74, 6) is 0.935. The number of anilines is 1. The molecule has 0 bridgehead atoms. The van der Waals surface area contributed by atoms with Crippen LogP contribution >= 0.6 is 0 Å². The first kappa shape index (κ1) is 16.3. The summed E-state index contributed by atoms with van der Waals surface area (Å²) in [6, 6.07) is 27.6. The molecule has 0 saturated heterocycles. The number of nitrogens with zero attached hydrogens (tertiary/aromatic N) is 1. The molecule has 0 saturated carbocycles. The highest BCUT2D eigenvalue weighted by atomic mass is 15.0. The molecule has 26 heavy (non-hydrogen) atoms. The van der Waals surface area contributed by atoms with Crippen LogP contribution in [0.1, 0.15) is 16.7 Å². The number of benzene rings is 3. The fourth-order valence-electron chi connectivity index (χ4n) is 3.29. The Balaban J connectivity index is 1.80. The van der Waals surface area contributed by atoms with Crippen LogP contribution < -0.4 is 5.32 Å². The molecule has 0 aliphatic carbocycles. The second-order valence-electron chi connectivity index (χ2n) is 6.73. The zero-order chi connectivity index (χ0) is 17.9. The Morgan fingerprint density at radius 2 is 1.58 bits per heavy atom. The Hall–Kier alpha value is -3.13. The molecule has 3 aromatic carbocycles. The van der Waals surface area contributed by atoms with Crippen molar-refractivity contribution in [3.8, 4) is 11.3 Å². The van der Waals surface area contributed by atoms with Crippen molar-refractivity contribution in [1.29, 1.82) is 0 Å². The van der Waals surface area contributed by atoms with Gasteiger partial charge in [-0.25, -0.2) is 4.98 Å². The maximum absolute atomic E-state index is 4.97. The normalized spacial score (nSPS) is 10.8. The lowest BCUT2D eigenvalue weighted by Gasteiger charge is -2.13. The maximum atomic E-state index is 4.97. The largest absolute Gasteiger partial charge is 0.365 e. The molecule has 0 spiro atoms. The van der Waals surface area contributed by atoms with E-state index in [9.17, 15) is 0 Å². The van der Waals surface area contributed by atoms with E-state index in [1.165, 1.54) is 27.6 Å². The van der Waals surface area contributed by atoms with Gasteiger partial charge in [0.1, 0.15) is 5.82 Å². The van der Waals surface area contributed by atoms with Gasteiger partial charge in [0.15, 0.2) is 0 Å². The van der Waals surface area contributed by atoms with Crippen molar-refractivity contribution in [1.82, 2.24) is 4.98 Å². The lowest BCUT2D eigenvalue weighted by atomic mass is 10.0. The summed E-state index contributed by atoms with van der Waals surface area (Å²) >= 11 is 0. The average Bonchev–Trinajstić information content (AvgIpc) is 2.67. The van der Waals surface area contributed by atoms with E-state index in [4.69, 9.17) is 4.98 Å². The molecular weight excluding hydrogens is 316 g/mol. The second kappa shape index (κ2) is 7.01. The van der Waals surface area contributed by atoms with Crippen molar-refractivity contribution >= 4 is 16.6 Å². The van der Waals surface area contributed by atoms with Crippen LogP contribution in [0.15, 0.2) is 78.9 Å². The van der Waals surface area contributed by atoms with Gasteiger partial charge in [0, 0.05) is 17.5 Å². The van der Waals surface area contributed by atoms with Crippen LogP contribution in [0.25, 0.3) is 22.0 Å². The molecule has 0 fully saturated rings. The first-order chi connectivity index (χ1) is 12.7. The highest BCUT2D eigenvalue weighted by molar-refractivity contribution is 5.95. The third-order valence-electron chi connectivity index (χ3n) is 4.71. The smallest absolute Gasteiger partial charge is 0.134 e. The van der Waals surface area contributed by atoms with Gasteiger partial charge in [-0.1, -0.05) is 78.4 Å². The molecule has 1 aromatic heterocycles. The Kier molecular flexibility index (Phi) is 4.40. The molecule has 4 rings (SSSR count). The summed E-state index contributed by atoms with van der Waals surface area (Å²) in [6.45, 7) is 5.02. The molecular formula is C24H22N2. The van der Waals surface area contributed by atoms with Crippen LogP contribution in [0.2, 0.25) is 0 Å². The van der Waals surface area contributed by atoms with E-state index in [1.807, 2.05) is 6.07 Å². The van der Waals surface area contributed by atoms with E-state index in [2.05, 4.69) is 92.0 Å². The van der Waals surface area contributed by atoms with Crippen LogP contribution in [0.3, 0.4) is 0 Å². The first-order valence-electron chi connectivity index (χ1n) is 8.96. The zero-order valence-corrected chi connectivity index (χ0v) is 15.2. The van der Waals surface area contributed by atoms with Crippen molar-refractivity contribution in [2.45, 2.75) is 20.4 Å². The van der Waals surface area contributed by atoms with Crippen molar-refractivity contribution in [3.05, 3.63) is 95.6 Å². The van der Waals surface area contributed by atoms with E-state index in [0.29, 0.717) is 0 Å². The number of pyridine rings is 1. The van der Waals surface area contributed by atoms with Crippen LogP contribution in [0.5, 0.6) is 0 Å². The number of fused-ring (bicyclic) bond motifs is 1. The van der Waals surface area contributed by atoms with Crippen LogP contribution in [0.4, 0.5) is 5.82 Å². The molecule has 1 heterocycles. The lowest BCUT2D eigenvalue weighted by molar-refractivity contribution is 1.12. The fraction of sp³-hybridized carbons (Fsp3) is 0.125. The van der Waals surface area contributed by atoms with Gasteiger partial charge in [-0.2, -0.15) is 0 Å². The summed E-state index contributed by atoms with van der Waals surface area (Å²) in [7, 11) is 0. The summed E-state index contributed by atoms with van der Waals surface area (Å²) in [6.07, 6.45) is 0. The van der Waals surface area contributed by atoms with Crippen LogP contribution in [-0.2, 0) is 6.54 Å². The van der Waals surface area contributed by atoms with Gasteiger partial charge in [0.05, 0.1) is 5.69 Å². The van der Waals surface area contributed by atoms with Gasteiger partial charge in [0.2, 0.25) is 0 Å². The predicted molar refractivity (Wildman–Crippen MR) is 110 cm³/mol. The van der Waals surface area contributed by atoms with E-state index >= 15 is 0 Å². The van der Waals surface area contributed by atoms with Crippen molar-refractivity contribution in [2.75, 3.05) is 5.32 Å². The molecule has 0 radical (unpaired) electrons. The third-order valence-corrected chi connectivity index (χ3v) is 4.71. The zero-order valence-electron chi connectivity index (χ0n) is 15.2. The monoisotopic (exact) mass is 338 g/mol. The maximum Gasteiger partial charge on any atom is 0.134 e. The molecule has 4 aromatic rings. The summed E-state index contributed by atoms with van der Waals surface area (Å²) in [4.78, 5) is 4.97. The van der Waals surface area contributed by atoms with Gasteiger partial charge >= 0.3 is 0 Å². The Bertz CT molecular complexity index is 1050. The Morgan fingerprint density at radius 3 is 2.38 bits per heavy atom. The molecule has 0 unspecified atom stereocenters. The van der Waals surface area contributed by atoms with Gasteiger partial charge in [-0.15, -0.1) is 0 Å². The molecule has 2 heteroatoms. The molecule has 0 amide bonds. The number of aromatic nitrogens is 1. The topological polar surface area (TPSA) is 24.9 Å². The highest BCUT2D eigenvalue weighted by Crippen LogP contribution is 2.30. The molecule has 128 valence electrons. The van der Waals surface area contributed by atoms with Gasteiger partial charge in [-0.05, 0) is 36.4 Å². The van der Waals surface area contributed by atoms with E-state index in [1.54, 1.807) is 0 Å². The minimum atomic E-state index is 0.758. The SMILES string of the molecule is Cc1ccc2c(NCc3ccccc3)nc(-c3ccccc3C)cc2c1. The minimum absolute atomic E-state index is 0.758. The van der Waals surface area contributed by atoms with Crippen molar-refractivity contribution < 1.29 is 0 Å².